The molecule has 2 N–H and O–H groups in total. The summed E-state index contributed by atoms with van der Waals surface area (Å²) >= 11 is 0. The van der Waals surface area contributed by atoms with Crippen LogP contribution >= 0.6 is 0 Å². The largest absolute Gasteiger partial charge is 0.379 e. The number of ether oxygens (including phenoxy) is 1. The van der Waals surface area contributed by atoms with Crippen LogP contribution in [-0.4, -0.2) is 69.2 Å². The number of fused-ring (bicyclic) bond motifs is 1. The first-order valence-electron chi connectivity index (χ1n) is 12.4. The number of amides is 2. The normalized spacial score (nSPS) is 21.3. The summed E-state index contributed by atoms with van der Waals surface area (Å²) in [7, 11) is 2.14. The number of rotatable bonds is 5. The highest BCUT2D eigenvalue weighted by Gasteiger charge is 2.26. The summed E-state index contributed by atoms with van der Waals surface area (Å²) < 4.78 is 5.55. The highest BCUT2D eigenvalue weighted by atomic mass is 16.5. The van der Waals surface area contributed by atoms with Crippen molar-refractivity contribution >= 4 is 17.5 Å². The molecule has 1 aromatic rings. The van der Waals surface area contributed by atoms with Gasteiger partial charge in [-0.3, -0.25) is 14.5 Å². The zero-order valence-corrected chi connectivity index (χ0v) is 19.4. The fourth-order valence-corrected chi connectivity index (χ4v) is 5.30. The van der Waals surface area contributed by atoms with Crippen molar-refractivity contribution in [3.63, 3.8) is 0 Å². The van der Waals surface area contributed by atoms with Crippen LogP contribution in [0.2, 0.25) is 0 Å². The van der Waals surface area contributed by atoms with Crippen molar-refractivity contribution in [1.82, 2.24) is 15.5 Å². The molecule has 4 rings (SSSR count). The molecule has 1 saturated heterocycles. The summed E-state index contributed by atoms with van der Waals surface area (Å²) in [5, 5.41) is 5.89. The third-order valence-electron chi connectivity index (χ3n) is 7.18. The van der Waals surface area contributed by atoms with Crippen molar-refractivity contribution in [2.45, 2.75) is 63.5 Å². The lowest BCUT2D eigenvalue weighted by atomic mass is 9.95. The fourth-order valence-electron chi connectivity index (χ4n) is 5.30. The lowest BCUT2D eigenvalue weighted by Crippen LogP contribution is -2.48. The van der Waals surface area contributed by atoms with E-state index in [0.717, 1.165) is 58.2 Å². The number of morpholine rings is 1. The van der Waals surface area contributed by atoms with Gasteiger partial charge >= 0.3 is 11.8 Å². The Hall–Kier alpha value is -2.12. The molecule has 1 aromatic carbocycles. The molecule has 7 heteroatoms. The number of nitrogens with zero attached hydrogens (tertiary/aromatic N) is 2. The quantitative estimate of drug-likeness (QED) is 0.541. The van der Waals surface area contributed by atoms with Crippen LogP contribution in [0.15, 0.2) is 18.2 Å². The lowest BCUT2D eigenvalue weighted by Gasteiger charge is -2.36. The minimum Gasteiger partial charge on any atom is -0.379 e. The summed E-state index contributed by atoms with van der Waals surface area (Å²) in [6, 6.07) is 6.84. The van der Waals surface area contributed by atoms with E-state index >= 15 is 0 Å². The first-order valence-corrected chi connectivity index (χ1v) is 12.4. The van der Waals surface area contributed by atoms with Gasteiger partial charge in [0.1, 0.15) is 0 Å². The van der Waals surface area contributed by atoms with E-state index in [0.29, 0.717) is 19.8 Å². The summed E-state index contributed by atoms with van der Waals surface area (Å²) in [6.45, 7) is 4.55. The van der Waals surface area contributed by atoms with Crippen LogP contribution in [0.4, 0.5) is 5.69 Å². The highest BCUT2D eigenvalue weighted by Crippen LogP contribution is 2.31. The Balaban J connectivity index is 1.42. The van der Waals surface area contributed by atoms with E-state index in [2.05, 4.69) is 45.7 Å². The van der Waals surface area contributed by atoms with Crippen LogP contribution in [0.3, 0.4) is 0 Å². The third-order valence-corrected chi connectivity index (χ3v) is 7.18. The summed E-state index contributed by atoms with van der Waals surface area (Å²) in [4.78, 5) is 29.8. The Labute approximate surface area is 191 Å². The van der Waals surface area contributed by atoms with Crippen molar-refractivity contribution in [3.8, 4) is 0 Å². The number of carbonyl (C=O) groups excluding carboxylic acids is 2. The molecule has 3 aliphatic rings. The van der Waals surface area contributed by atoms with Gasteiger partial charge in [-0.2, -0.15) is 0 Å². The third kappa shape index (κ3) is 5.81. The van der Waals surface area contributed by atoms with Gasteiger partial charge in [0.2, 0.25) is 0 Å². The van der Waals surface area contributed by atoms with Gasteiger partial charge in [-0.15, -0.1) is 0 Å². The van der Waals surface area contributed by atoms with E-state index in [1.807, 2.05) is 0 Å². The topological polar surface area (TPSA) is 73.9 Å². The average Bonchev–Trinajstić information content (AvgIpc) is 3.08. The Morgan fingerprint density at radius 1 is 1.03 bits per heavy atom. The Kier molecular flexibility index (Phi) is 8.03. The lowest BCUT2D eigenvalue weighted by molar-refractivity contribution is -0.139. The Morgan fingerprint density at radius 2 is 1.78 bits per heavy atom. The van der Waals surface area contributed by atoms with Crippen molar-refractivity contribution in [3.05, 3.63) is 29.3 Å². The minimum atomic E-state index is -0.523. The molecule has 176 valence electrons. The Bertz CT molecular complexity index is 785. The fraction of sp³-hybridized carbons (Fsp3) is 0.680. The van der Waals surface area contributed by atoms with E-state index in [1.54, 1.807) is 0 Å². The number of anilines is 1. The van der Waals surface area contributed by atoms with E-state index in [-0.39, 0.29) is 12.1 Å². The first-order chi connectivity index (χ1) is 15.6. The van der Waals surface area contributed by atoms with Gasteiger partial charge in [-0.25, -0.2) is 0 Å². The molecule has 1 aliphatic carbocycles. The van der Waals surface area contributed by atoms with Gasteiger partial charge < -0.3 is 20.3 Å². The molecular weight excluding hydrogens is 404 g/mol. The summed E-state index contributed by atoms with van der Waals surface area (Å²) in [6.07, 6.45) is 8.87. The number of aryl methyl sites for hydroxylation is 1. The van der Waals surface area contributed by atoms with E-state index in [9.17, 15) is 9.59 Å². The van der Waals surface area contributed by atoms with Crippen molar-refractivity contribution in [2.24, 2.45) is 0 Å². The van der Waals surface area contributed by atoms with Crippen LogP contribution in [0.5, 0.6) is 0 Å². The van der Waals surface area contributed by atoms with E-state index in [4.69, 9.17) is 4.74 Å². The minimum absolute atomic E-state index is 0.0334. The molecule has 0 spiro atoms. The molecule has 0 radical (unpaired) electrons. The summed E-state index contributed by atoms with van der Waals surface area (Å²) in [5.41, 5.74) is 3.87. The predicted octanol–water partition coefficient (Wildman–Crippen LogP) is 2.40. The predicted molar refractivity (Wildman–Crippen MR) is 126 cm³/mol. The van der Waals surface area contributed by atoms with Gasteiger partial charge in [0, 0.05) is 45.0 Å². The van der Waals surface area contributed by atoms with Crippen molar-refractivity contribution in [2.75, 3.05) is 51.3 Å². The highest BCUT2D eigenvalue weighted by molar-refractivity contribution is 6.35. The Morgan fingerprint density at radius 3 is 2.53 bits per heavy atom. The van der Waals surface area contributed by atoms with Crippen LogP contribution in [0.25, 0.3) is 0 Å². The van der Waals surface area contributed by atoms with Crippen LogP contribution in [-0.2, 0) is 20.7 Å². The zero-order chi connectivity index (χ0) is 22.3. The number of hydrogen-bond donors (Lipinski definition) is 2. The van der Waals surface area contributed by atoms with Gasteiger partial charge in [0.05, 0.1) is 19.3 Å². The van der Waals surface area contributed by atoms with Crippen LogP contribution < -0.4 is 15.5 Å². The second-order valence-electron chi connectivity index (χ2n) is 9.45. The molecule has 32 heavy (non-hydrogen) atoms. The maximum atomic E-state index is 12.6. The van der Waals surface area contributed by atoms with Gasteiger partial charge in [-0.1, -0.05) is 37.8 Å². The molecule has 2 amide bonds. The van der Waals surface area contributed by atoms with Gasteiger partial charge in [0.15, 0.2) is 0 Å². The maximum Gasteiger partial charge on any atom is 0.309 e. The van der Waals surface area contributed by atoms with Crippen LogP contribution in [0, 0.1) is 0 Å². The monoisotopic (exact) mass is 442 g/mol. The maximum absolute atomic E-state index is 12.6. The molecule has 7 nitrogen and oxygen atoms in total. The standard InChI is InChI=1S/C25H38N4O3/c1-28-12-6-7-19-17-20(10-11-22(19)28)23(29-13-15-32-16-14-29)18-26-24(30)25(31)27-21-8-4-2-3-5-9-21/h10-11,17,21,23H,2-9,12-16,18H2,1H3,(H,26,30)(H,27,31). The molecule has 1 atom stereocenters. The van der Waals surface area contributed by atoms with Gasteiger partial charge in [-0.05, 0) is 42.9 Å². The van der Waals surface area contributed by atoms with Gasteiger partial charge in [0.25, 0.3) is 0 Å². The molecular formula is C25H38N4O3. The molecule has 2 aliphatic heterocycles. The molecule has 2 heterocycles. The molecule has 1 unspecified atom stereocenters. The SMILES string of the molecule is CN1CCCc2cc(C(CNC(=O)C(=O)NC3CCCCCC3)N3CCOCC3)ccc21. The number of benzene rings is 1. The second kappa shape index (κ2) is 11.1. The molecule has 1 saturated carbocycles. The number of hydrogen-bond acceptors (Lipinski definition) is 5. The zero-order valence-electron chi connectivity index (χ0n) is 19.4. The number of nitrogens with one attached hydrogen (secondary N) is 2. The summed E-state index contributed by atoms with van der Waals surface area (Å²) in [5.74, 6) is -1.02. The molecule has 0 bridgehead atoms. The first kappa shape index (κ1) is 23.1. The molecule has 2 fully saturated rings. The van der Waals surface area contributed by atoms with Crippen LogP contribution in [0.1, 0.15) is 62.1 Å². The smallest absolute Gasteiger partial charge is 0.309 e. The van der Waals surface area contributed by atoms with E-state index < -0.39 is 11.8 Å². The van der Waals surface area contributed by atoms with Crippen molar-refractivity contribution < 1.29 is 14.3 Å². The van der Waals surface area contributed by atoms with E-state index in [1.165, 1.54) is 29.7 Å². The average molecular weight is 443 g/mol. The number of carbonyl (C=O) groups is 2. The second-order valence-corrected chi connectivity index (χ2v) is 9.45. The molecule has 0 aromatic heterocycles. The van der Waals surface area contributed by atoms with Crippen molar-refractivity contribution in [1.29, 1.82) is 0 Å².